The molecular formula is C42H37N5O4. The van der Waals surface area contributed by atoms with Gasteiger partial charge in [-0.05, 0) is 59.0 Å². The van der Waals surface area contributed by atoms with Gasteiger partial charge in [-0.25, -0.2) is 9.36 Å². The first-order valence-corrected chi connectivity index (χ1v) is 16.7. The number of carbonyl (C=O) groups is 1. The fourth-order valence-corrected chi connectivity index (χ4v) is 7.01. The Labute approximate surface area is 294 Å². The number of hydrogen-bond acceptors (Lipinski definition) is 6. The normalized spacial score (nSPS) is 12.2. The number of hydrogen-bond donors (Lipinski definition) is 2. The van der Waals surface area contributed by atoms with Crippen LogP contribution in [0.4, 0.5) is 5.69 Å². The van der Waals surface area contributed by atoms with Crippen LogP contribution < -0.4 is 21.5 Å². The van der Waals surface area contributed by atoms with Crippen LogP contribution in [0.15, 0.2) is 149 Å². The Morgan fingerprint density at radius 3 is 1.92 bits per heavy atom. The molecule has 0 saturated carbocycles. The highest BCUT2D eigenvalue weighted by Crippen LogP contribution is 2.38. The Bertz CT molecular complexity index is 2400. The summed E-state index contributed by atoms with van der Waals surface area (Å²) < 4.78 is 2.61. The van der Waals surface area contributed by atoms with E-state index in [4.69, 9.17) is 0 Å². The van der Waals surface area contributed by atoms with Crippen LogP contribution in [0.2, 0.25) is 0 Å². The third kappa shape index (κ3) is 5.87. The highest BCUT2D eigenvalue weighted by Gasteiger charge is 2.40. The number of aliphatic carboxylic acids is 1. The van der Waals surface area contributed by atoms with Gasteiger partial charge in [-0.15, -0.1) is 0 Å². The summed E-state index contributed by atoms with van der Waals surface area (Å²) >= 11 is 0. The van der Waals surface area contributed by atoms with Gasteiger partial charge in [0.25, 0.3) is 5.56 Å². The van der Waals surface area contributed by atoms with Crippen molar-refractivity contribution >= 4 is 33.5 Å². The molecule has 5 aromatic carbocycles. The van der Waals surface area contributed by atoms with Crippen LogP contribution in [-0.2, 0) is 23.8 Å². The van der Waals surface area contributed by atoms with Crippen molar-refractivity contribution in [3.63, 3.8) is 0 Å². The van der Waals surface area contributed by atoms with Crippen LogP contribution in [0.3, 0.4) is 0 Å². The summed E-state index contributed by atoms with van der Waals surface area (Å²) in [6, 6.07) is 41.0. The van der Waals surface area contributed by atoms with Gasteiger partial charge in [0.05, 0.1) is 27.6 Å². The lowest BCUT2D eigenvalue weighted by atomic mass is 9.76. The number of aromatic nitrogens is 3. The molecule has 1 atom stereocenters. The minimum atomic E-state index is -1.07. The van der Waals surface area contributed by atoms with E-state index in [0.717, 1.165) is 26.9 Å². The SMILES string of the molecule is CN(C)c1ccc2c(c1)c(=O)n(-c1ccc(CC(NC(c3ccccc3)(c3ccccc3)c3ccccc3)C(=O)O)c3cccnc13)c(=O)n2C. The number of anilines is 1. The molecule has 0 radical (unpaired) electrons. The van der Waals surface area contributed by atoms with Gasteiger partial charge < -0.3 is 10.0 Å². The number of nitrogens with one attached hydrogen (secondary N) is 1. The van der Waals surface area contributed by atoms with Crippen LogP contribution in [0.1, 0.15) is 22.3 Å². The molecule has 0 fully saturated rings. The number of carboxylic acids is 1. The molecule has 0 aliphatic heterocycles. The number of fused-ring (bicyclic) bond motifs is 2. The summed E-state index contributed by atoms with van der Waals surface area (Å²) in [5, 5.41) is 15.5. The largest absolute Gasteiger partial charge is 0.480 e. The van der Waals surface area contributed by atoms with Gasteiger partial charge in [-0.1, -0.05) is 103 Å². The number of rotatable bonds is 10. The third-order valence-corrected chi connectivity index (χ3v) is 9.58. The van der Waals surface area contributed by atoms with Crippen molar-refractivity contribution < 1.29 is 9.90 Å². The van der Waals surface area contributed by atoms with E-state index in [9.17, 15) is 19.5 Å². The maximum atomic E-state index is 14.0. The van der Waals surface area contributed by atoms with Crippen molar-refractivity contribution in [1.82, 2.24) is 19.4 Å². The van der Waals surface area contributed by atoms with E-state index in [2.05, 4.69) is 10.3 Å². The van der Waals surface area contributed by atoms with Gasteiger partial charge >= 0.3 is 11.7 Å². The fraction of sp³-hybridized carbons (Fsp3) is 0.143. The Balaban J connectivity index is 1.38. The molecule has 0 aliphatic carbocycles. The van der Waals surface area contributed by atoms with Gasteiger partial charge in [0.2, 0.25) is 0 Å². The van der Waals surface area contributed by atoms with E-state index in [1.165, 1.54) is 4.57 Å². The minimum absolute atomic E-state index is 0.0862. The molecule has 9 heteroatoms. The average molecular weight is 676 g/mol. The van der Waals surface area contributed by atoms with Gasteiger partial charge in [-0.3, -0.25) is 24.5 Å². The van der Waals surface area contributed by atoms with Crippen LogP contribution in [-0.4, -0.2) is 45.3 Å². The molecule has 2 N–H and O–H groups in total. The molecule has 9 nitrogen and oxygen atoms in total. The first-order valence-electron chi connectivity index (χ1n) is 16.7. The van der Waals surface area contributed by atoms with Crippen molar-refractivity contribution in [3.05, 3.63) is 183 Å². The molecule has 2 heterocycles. The highest BCUT2D eigenvalue weighted by molar-refractivity contribution is 5.91. The van der Waals surface area contributed by atoms with Crippen LogP contribution in [0, 0.1) is 0 Å². The second-order valence-electron chi connectivity index (χ2n) is 12.8. The third-order valence-electron chi connectivity index (χ3n) is 9.58. The van der Waals surface area contributed by atoms with Crippen LogP contribution >= 0.6 is 0 Å². The molecule has 51 heavy (non-hydrogen) atoms. The Kier molecular flexibility index (Phi) is 8.81. The summed E-state index contributed by atoms with van der Waals surface area (Å²) in [6.07, 6.45) is 1.69. The summed E-state index contributed by atoms with van der Waals surface area (Å²) in [4.78, 5) is 47.6. The van der Waals surface area contributed by atoms with Crippen LogP contribution in [0.25, 0.3) is 27.5 Å². The fourth-order valence-electron chi connectivity index (χ4n) is 7.01. The quantitative estimate of drug-likeness (QED) is 0.174. The van der Waals surface area contributed by atoms with Crippen molar-refractivity contribution in [2.24, 2.45) is 7.05 Å². The number of benzene rings is 5. The minimum Gasteiger partial charge on any atom is -0.480 e. The molecule has 0 spiro atoms. The first kappa shape index (κ1) is 33.2. The van der Waals surface area contributed by atoms with Gasteiger partial charge in [-0.2, -0.15) is 0 Å². The molecule has 1 unspecified atom stereocenters. The molecule has 7 rings (SSSR count). The molecule has 0 bridgehead atoms. The summed E-state index contributed by atoms with van der Waals surface area (Å²) in [5.41, 5.74) is 3.47. The maximum absolute atomic E-state index is 14.0. The van der Waals surface area contributed by atoms with E-state index < -0.39 is 28.8 Å². The predicted molar refractivity (Wildman–Crippen MR) is 202 cm³/mol. The topological polar surface area (TPSA) is 109 Å². The van der Waals surface area contributed by atoms with Crippen molar-refractivity contribution in [3.8, 4) is 5.69 Å². The molecule has 254 valence electrons. The summed E-state index contributed by atoms with van der Waals surface area (Å²) in [5.74, 6) is -1.03. The lowest BCUT2D eigenvalue weighted by Gasteiger charge is -2.39. The average Bonchev–Trinajstić information content (AvgIpc) is 3.17. The zero-order chi connectivity index (χ0) is 35.7. The molecule has 7 aromatic rings. The molecule has 0 aliphatic rings. The zero-order valence-corrected chi connectivity index (χ0v) is 28.5. The van der Waals surface area contributed by atoms with E-state index >= 15 is 0 Å². The highest BCUT2D eigenvalue weighted by atomic mass is 16.4. The number of aryl methyl sites for hydroxylation is 1. The van der Waals surface area contributed by atoms with Gasteiger partial charge in [0.1, 0.15) is 6.04 Å². The summed E-state index contributed by atoms with van der Waals surface area (Å²) in [6.45, 7) is 0. The zero-order valence-electron chi connectivity index (χ0n) is 28.5. The second kappa shape index (κ2) is 13.5. The Morgan fingerprint density at radius 2 is 1.37 bits per heavy atom. The van der Waals surface area contributed by atoms with Crippen molar-refractivity contribution in [1.29, 1.82) is 0 Å². The maximum Gasteiger partial charge on any atom is 0.335 e. The lowest BCUT2D eigenvalue weighted by molar-refractivity contribution is -0.139. The molecular weight excluding hydrogens is 638 g/mol. The van der Waals surface area contributed by atoms with E-state index in [1.54, 1.807) is 43.6 Å². The van der Waals surface area contributed by atoms with E-state index in [0.29, 0.717) is 33.1 Å². The number of carboxylic acid groups (broad SMARTS) is 1. The molecule has 0 amide bonds. The standard InChI is InChI=1S/C42H37N5O4/c1-45(2)32-22-24-36-34(27-32)39(48)47(41(51)46(36)3)37-23-21-28(33-20-13-25-43-38(33)37)26-35(40(49)50)44-42(29-14-7-4-8-15-29,30-16-9-5-10-17-30)31-18-11-6-12-19-31/h4-25,27,35,44H,26H2,1-3H3,(H,49,50). The Hall–Kier alpha value is -6.32. The van der Waals surface area contributed by atoms with Gasteiger partial charge in [0.15, 0.2) is 0 Å². The monoisotopic (exact) mass is 675 g/mol. The second-order valence-corrected chi connectivity index (χ2v) is 12.8. The number of pyridine rings is 1. The Morgan fingerprint density at radius 1 is 0.784 bits per heavy atom. The van der Waals surface area contributed by atoms with Crippen LogP contribution in [0.5, 0.6) is 0 Å². The van der Waals surface area contributed by atoms with Crippen molar-refractivity contribution in [2.45, 2.75) is 18.0 Å². The van der Waals surface area contributed by atoms with Crippen molar-refractivity contribution in [2.75, 3.05) is 19.0 Å². The predicted octanol–water partition coefficient (Wildman–Crippen LogP) is 5.88. The lowest BCUT2D eigenvalue weighted by Crippen LogP contribution is -2.53. The molecule has 2 aromatic heterocycles. The van der Waals surface area contributed by atoms with E-state index in [1.807, 2.05) is 122 Å². The van der Waals surface area contributed by atoms with Gasteiger partial charge in [0, 0.05) is 38.4 Å². The molecule has 0 saturated heterocycles. The first-order chi connectivity index (χ1) is 24.7. The van der Waals surface area contributed by atoms with E-state index in [-0.39, 0.29) is 6.42 Å². The smallest absolute Gasteiger partial charge is 0.335 e. The summed E-state index contributed by atoms with van der Waals surface area (Å²) in [7, 11) is 5.42. The number of nitrogens with zero attached hydrogens (tertiary/aromatic N) is 4.